The van der Waals surface area contributed by atoms with Crippen LogP contribution in [0.1, 0.15) is 22.5 Å². The van der Waals surface area contributed by atoms with Crippen molar-refractivity contribution < 1.29 is 14.2 Å². The van der Waals surface area contributed by atoms with Crippen LogP contribution < -0.4 is 10.5 Å². The van der Waals surface area contributed by atoms with Gasteiger partial charge in [0.2, 0.25) is 0 Å². The van der Waals surface area contributed by atoms with E-state index in [0.29, 0.717) is 5.75 Å². The topological polar surface area (TPSA) is 55.5 Å². The Kier molecular flexibility index (Phi) is 4.52. The van der Waals surface area contributed by atoms with Crippen LogP contribution in [0.5, 0.6) is 5.75 Å². The zero-order valence-corrected chi connectivity index (χ0v) is 11.4. The van der Waals surface area contributed by atoms with Crippen LogP contribution in [-0.2, 0) is 0 Å². The molecular weight excluding hydrogens is 265 g/mol. The van der Waals surface area contributed by atoms with Crippen molar-refractivity contribution in [2.75, 3.05) is 13.7 Å². The van der Waals surface area contributed by atoms with Crippen molar-refractivity contribution in [3.8, 4) is 5.75 Å². The van der Waals surface area contributed by atoms with Crippen LogP contribution >= 0.6 is 11.3 Å². The summed E-state index contributed by atoms with van der Waals surface area (Å²) in [6.45, 7) is 0.285. The van der Waals surface area contributed by atoms with E-state index >= 15 is 0 Å². The molecule has 0 radical (unpaired) electrons. The molecule has 2 aromatic rings. The maximum atomic E-state index is 12.9. The molecule has 1 aromatic heterocycles. The number of hydrogen-bond donors (Lipinski definition) is 2. The first-order chi connectivity index (χ1) is 9.15. The molecule has 0 bridgehead atoms. The van der Waals surface area contributed by atoms with E-state index < -0.39 is 6.10 Å². The van der Waals surface area contributed by atoms with Crippen LogP contribution in [-0.4, -0.2) is 18.8 Å². The summed E-state index contributed by atoms with van der Waals surface area (Å²) in [5.74, 6) is 0.157. The van der Waals surface area contributed by atoms with E-state index in [4.69, 9.17) is 10.5 Å². The third kappa shape index (κ3) is 3.12. The minimum absolute atomic E-state index is 0.260. The predicted octanol–water partition coefficient (Wildman–Crippen LogP) is 2.67. The summed E-state index contributed by atoms with van der Waals surface area (Å²) in [4.78, 5) is 0.789. The highest BCUT2D eigenvalue weighted by molar-refractivity contribution is 7.10. The lowest BCUT2D eigenvalue weighted by Gasteiger charge is -2.20. The minimum Gasteiger partial charge on any atom is -0.496 e. The predicted molar refractivity (Wildman–Crippen MR) is 74.0 cm³/mol. The fourth-order valence-electron chi connectivity index (χ4n) is 1.95. The second kappa shape index (κ2) is 6.14. The van der Waals surface area contributed by atoms with Gasteiger partial charge in [-0.05, 0) is 23.8 Å². The highest BCUT2D eigenvalue weighted by atomic mass is 32.1. The molecule has 102 valence electrons. The molecule has 19 heavy (non-hydrogen) atoms. The quantitative estimate of drug-likeness (QED) is 0.886. The summed E-state index contributed by atoms with van der Waals surface area (Å²) in [5.41, 5.74) is 6.56. The summed E-state index contributed by atoms with van der Waals surface area (Å²) in [7, 11) is 1.58. The molecule has 0 aliphatic carbocycles. The van der Waals surface area contributed by atoms with Gasteiger partial charge in [0, 0.05) is 22.7 Å². The number of hydrogen-bond acceptors (Lipinski definition) is 4. The van der Waals surface area contributed by atoms with E-state index in [9.17, 15) is 9.50 Å². The number of ether oxygens (including phenoxy) is 1. The maximum absolute atomic E-state index is 12.9. The van der Waals surface area contributed by atoms with E-state index in [1.54, 1.807) is 25.3 Å². The standard InChI is InChI=1S/C14H16FNO2S/c1-18-11-6-13(19-8-11)14(17)12(7-16)9-2-4-10(15)5-3-9/h2-6,8,12,14,17H,7,16H2,1H3. The third-order valence-corrected chi connectivity index (χ3v) is 4.04. The van der Waals surface area contributed by atoms with Crippen LogP contribution in [0.2, 0.25) is 0 Å². The first-order valence-electron chi connectivity index (χ1n) is 5.91. The number of halogens is 1. The number of aliphatic hydroxyl groups excluding tert-OH is 1. The minimum atomic E-state index is -0.718. The van der Waals surface area contributed by atoms with Crippen LogP contribution in [0.4, 0.5) is 4.39 Å². The second-order valence-corrected chi connectivity index (χ2v) is 5.17. The van der Waals surface area contributed by atoms with Crippen molar-refractivity contribution in [3.05, 3.63) is 52.0 Å². The molecule has 1 aromatic carbocycles. The summed E-state index contributed by atoms with van der Waals surface area (Å²) in [5, 5.41) is 12.2. The van der Waals surface area contributed by atoms with Gasteiger partial charge in [-0.15, -0.1) is 11.3 Å². The molecule has 2 rings (SSSR count). The van der Waals surface area contributed by atoms with E-state index in [2.05, 4.69) is 0 Å². The molecule has 0 aliphatic rings. The van der Waals surface area contributed by atoms with Gasteiger partial charge in [0.05, 0.1) is 13.2 Å². The molecule has 5 heteroatoms. The van der Waals surface area contributed by atoms with E-state index in [0.717, 1.165) is 10.4 Å². The molecule has 3 N–H and O–H groups in total. The number of methoxy groups -OCH3 is 1. The molecule has 0 fully saturated rings. The van der Waals surface area contributed by atoms with E-state index in [-0.39, 0.29) is 18.3 Å². The van der Waals surface area contributed by atoms with Crippen LogP contribution in [0, 0.1) is 5.82 Å². The molecule has 2 unspecified atom stereocenters. The monoisotopic (exact) mass is 281 g/mol. The normalized spacial score (nSPS) is 14.1. The number of nitrogens with two attached hydrogens (primary N) is 1. The van der Waals surface area contributed by atoms with Gasteiger partial charge in [-0.25, -0.2) is 4.39 Å². The lowest BCUT2D eigenvalue weighted by molar-refractivity contribution is 0.151. The molecule has 0 aliphatic heterocycles. The molecule has 0 saturated heterocycles. The van der Waals surface area contributed by atoms with Crippen molar-refractivity contribution in [1.29, 1.82) is 0 Å². The van der Waals surface area contributed by atoms with Crippen LogP contribution in [0.3, 0.4) is 0 Å². The molecule has 0 amide bonds. The summed E-state index contributed by atoms with van der Waals surface area (Å²) >= 11 is 1.42. The summed E-state index contributed by atoms with van der Waals surface area (Å²) in [6, 6.07) is 7.85. The van der Waals surface area contributed by atoms with Crippen LogP contribution in [0.25, 0.3) is 0 Å². The highest BCUT2D eigenvalue weighted by Gasteiger charge is 2.23. The average Bonchev–Trinajstić information content (AvgIpc) is 2.90. The number of rotatable bonds is 5. The van der Waals surface area contributed by atoms with Crippen LogP contribution in [0.15, 0.2) is 35.7 Å². The Morgan fingerprint density at radius 3 is 2.58 bits per heavy atom. The third-order valence-electron chi connectivity index (χ3n) is 3.06. The molecule has 0 saturated carbocycles. The van der Waals surface area contributed by atoms with E-state index in [1.165, 1.54) is 23.5 Å². The zero-order chi connectivity index (χ0) is 13.8. The molecule has 2 atom stereocenters. The Morgan fingerprint density at radius 1 is 1.37 bits per heavy atom. The Balaban J connectivity index is 2.23. The Labute approximate surface area is 115 Å². The molecule has 0 spiro atoms. The van der Waals surface area contributed by atoms with E-state index in [1.807, 2.05) is 5.38 Å². The second-order valence-electron chi connectivity index (χ2n) is 4.23. The first kappa shape index (κ1) is 14.0. The van der Waals surface area contributed by atoms with Gasteiger partial charge in [-0.2, -0.15) is 0 Å². The van der Waals surface area contributed by atoms with Crippen molar-refractivity contribution in [1.82, 2.24) is 0 Å². The van der Waals surface area contributed by atoms with Crippen molar-refractivity contribution in [3.63, 3.8) is 0 Å². The summed E-state index contributed by atoms with van der Waals surface area (Å²) < 4.78 is 18.0. The van der Waals surface area contributed by atoms with Gasteiger partial charge in [-0.3, -0.25) is 0 Å². The highest BCUT2D eigenvalue weighted by Crippen LogP contribution is 2.35. The van der Waals surface area contributed by atoms with Crippen molar-refractivity contribution in [2.45, 2.75) is 12.0 Å². The lowest BCUT2D eigenvalue weighted by Crippen LogP contribution is -2.19. The molecular formula is C14H16FNO2S. The Morgan fingerprint density at radius 2 is 2.05 bits per heavy atom. The largest absolute Gasteiger partial charge is 0.496 e. The van der Waals surface area contributed by atoms with Gasteiger partial charge in [-0.1, -0.05) is 12.1 Å². The van der Waals surface area contributed by atoms with Gasteiger partial charge < -0.3 is 15.6 Å². The fraction of sp³-hybridized carbons (Fsp3) is 0.286. The van der Waals surface area contributed by atoms with Gasteiger partial charge in [0.15, 0.2) is 0 Å². The average molecular weight is 281 g/mol. The summed E-state index contributed by atoms with van der Waals surface area (Å²) in [6.07, 6.45) is -0.718. The number of thiophene rings is 1. The molecule has 1 heterocycles. The number of benzene rings is 1. The number of aliphatic hydroxyl groups is 1. The lowest BCUT2D eigenvalue weighted by atomic mass is 9.92. The smallest absolute Gasteiger partial charge is 0.129 e. The Hall–Kier alpha value is -1.43. The first-order valence-corrected chi connectivity index (χ1v) is 6.79. The van der Waals surface area contributed by atoms with Crippen molar-refractivity contribution in [2.24, 2.45) is 5.73 Å². The van der Waals surface area contributed by atoms with Crippen molar-refractivity contribution >= 4 is 11.3 Å². The molecule has 3 nitrogen and oxygen atoms in total. The SMILES string of the molecule is COc1csc(C(O)C(CN)c2ccc(F)cc2)c1. The van der Waals surface area contributed by atoms with Gasteiger partial charge in [0.1, 0.15) is 11.6 Å². The van der Waals surface area contributed by atoms with Gasteiger partial charge in [0.25, 0.3) is 0 Å². The Bertz CT molecular complexity index is 526. The fourth-order valence-corrected chi connectivity index (χ4v) is 2.86. The van der Waals surface area contributed by atoms with Gasteiger partial charge >= 0.3 is 0 Å². The zero-order valence-electron chi connectivity index (χ0n) is 10.5. The maximum Gasteiger partial charge on any atom is 0.129 e.